The molecule has 2 saturated heterocycles. The number of hydrogen-bond acceptors (Lipinski definition) is 6. The van der Waals surface area contributed by atoms with Crippen LogP contribution in [0, 0.1) is 0 Å². The van der Waals surface area contributed by atoms with Crippen molar-refractivity contribution in [2.45, 2.75) is 50.2 Å². The van der Waals surface area contributed by atoms with E-state index in [-0.39, 0.29) is 56.2 Å². The van der Waals surface area contributed by atoms with Crippen LogP contribution in [0.5, 0.6) is 0 Å². The molecule has 0 bridgehead atoms. The third-order valence-corrected chi connectivity index (χ3v) is 6.22. The Morgan fingerprint density at radius 1 is 1.18 bits per heavy atom. The average molecular weight is 474 g/mol. The first-order valence-corrected chi connectivity index (χ1v) is 11.5. The van der Waals surface area contributed by atoms with Crippen molar-refractivity contribution in [3.63, 3.8) is 0 Å². The first-order chi connectivity index (χ1) is 16.0. The minimum absolute atomic E-state index is 0.0983. The number of pyridine rings is 1. The molecule has 3 heterocycles. The number of nitrogens with one attached hydrogen (secondary N) is 1. The molecule has 4 rings (SSSR count). The number of nitrogens with zero attached hydrogens (tertiary/aromatic N) is 2. The minimum atomic E-state index is -0.775. The maximum atomic E-state index is 13.2. The minimum Gasteiger partial charge on any atom is -0.389 e. The maximum absolute atomic E-state index is 13.2. The van der Waals surface area contributed by atoms with Gasteiger partial charge in [0.15, 0.2) is 0 Å². The van der Waals surface area contributed by atoms with Crippen molar-refractivity contribution in [1.82, 2.24) is 15.2 Å². The first-order valence-electron chi connectivity index (χ1n) is 11.1. The quantitative estimate of drug-likeness (QED) is 0.690. The third kappa shape index (κ3) is 6.29. The van der Waals surface area contributed by atoms with Crippen LogP contribution in [0.15, 0.2) is 48.8 Å². The van der Waals surface area contributed by atoms with Gasteiger partial charge in [-0.15, -0.1) is 0 Å². The Labute approximate surface area is 197 Å². The standard InChI is InChI=1S/C24H28ClN3O5/c25-18-5-3-16(4-6-18)11-27-23(30)10-20-7-8-21-22(33-20)15-32-14-19(29)13-28(21)24(31)17-2-1-9-26-12-17/h1-6,9,12,19-22,29H,7-8,10-11,13-15H2,(H,27,30)/t19-,20-,21+,22-/m1/s1. The number of aromatic nitrogens is 1. The number of β-amino-alcohol motifs (C(OH)–C–C–N with tert-alkyl or cyclic N) is 1. The number of aliphatic hydroxyl groups is 1. The highest BCUT2D eigenvalue weighted by molar-refractivity contribution is 6.30. The zero-order valence-corrected chi connectivity index (χ0v) is 19.0. The molecule has 2 aromatic rings. The molecule has 1 aromatic heterocycles. The summed E-state index contributed by atoms with van der Waals surface area (Å²) in [6, 6.07) is 10.5. The Bertz CT molecular complexity index is 943. The molecule has 0 unspecified atom stereocenters. The highest BCUT2D eigenvalue weighted by Crippen LogP contribution is 2.28. The Balaban J connectivity index is 1.37. The van der Waals surface area contributed by atoms with Gasteiger partial charge in [-0.3, -0.25) is 14.6 Å². The molecule has 33 heavy (non-hydrogen) atoms. The number of rotatable bonds is 5. The Kier molecular flexibility index (Phi) is 7.93. The summed E-state index contributed by atoms with van der Waals surface area (Å²) in [5, 5.41) is 13.8. The fourth-order valence-corrected chi connectivity index (χ4v) is 4.44. The number of hydrogen-bond donors (Lipinski definition) is 2. The number of carbonyl (C=O) groups excluding carboxylic acids is 2. The van der Waals surface area contributed by atoms with Crippen LogP contribution in [0.1, 0.15) is 35.2 Å². The number of benzene rings is 1. The smallest absolute Gasteiger partial charge is 0.255 e. The Hall–Kier alpha value is -2.52. The molecule has 4 atom stereocenters. The summed E-state index contributed by atoms with van der Waals surface area (Å²) in [6.07, 6.45) is 3.24. The lowest BCUT2D eigenvalue weighted by Gasteiger charge is -2.44. The predicted octanol–water partition coefficient (Wildman–Crippen LogP) is 2.19. The van der Waals surface area contributed by atoms with Crippen LogP contribution in [-0.4, -0.2) is 70.9 Å². The van der Waals surface area contributed by atoms with Gasteiger partial charge in [-0.2, -0.15) is 0 Å². The molecule has 0 saturated carbocycles. The van der Waals surface area contributed by atoms with Crippen LogP contribution < -0.4 is 5.32 Å². The summed E-state index contributed by atoms with van der Waals surface area (Å²) in [7, 11) is 0. The van der Waals surface area contributed by atoms with Gasteiger partial charge in [0.2, 0.25) is 5.91 Å². The van der Waals surface area contributed by atoms with E-state index in [2.05, 4.69) is 10.3 Å². The lowest BCUT2D eigenvalue weighted by Crippen LogP contribution is -2.57. The molecule has 1 aromatic carbocycles. The molecule has 0 spiro atoms. The van der Waals surface area contributed by atoms with Crippen LogP contribution >= 0.6 is 11.6 Å². The van der Waals surface area contributed by atoms with Gasteiger partial charge in [-0.1, -0.05) is 23.7 Å². The van der Waals surface area contributed by atoms with Crippen LogP contribution in [0.2, 0.25) is 5.02 Å². The van der Waals surface area contributed by atoms with Gasteiger partial charge in [0.25, 0.3) is 5.91 Å². The summed E-state index contributed by atoms with van der Waals surface area (Å²) in [5.74, 6) is -0.291. The van der Waals surface area contributed by atoms with Crippen molar-refractivity contribution in [3.05, 3.63) is 64.9 Å². The van der Waals surface area contributed by atoms with E-state index in [9.17, 15) is 14.7 Å². The van der Waals surface area contributed by atoms with Gasteiger partial charge in [-0.05, 0) is 42.7 Å². The second-order valence-corrected chi connectivity index (χ2v) is 8.88. The van der Waals surface area contributed by atoms with Crippen LogP contribution in [0.25, 0.3) is 0 Å². The molecule has 2 amide bonds. The molecule has 2 aliphatic heterocycles. The first kappa shape index (κ1) is 23.6. The summed E-state index contributed by atoms with van der Waals surface area (Å²) >= 11 is 5.90. The van der Waals surface area contributed by atoms with Crippen LogP contribution in [0.3, 0.4) is 0 Å². The van der Waals surface area contributed by atoms with E-state index < -0.39 is 6.10 Å². The SMILES string of the molecule is O=C(C[C@H]1CC[C@H]2[C@@H](COC[C@H](O)CN2C(=O)c2cccnc2)O1)NCc1ccc(Cl)cc1. The lowest BCUT2D eigenvalue weighted by atomic mass is 9.94. The van der Waals surface area contributed by atoms with Crippen molar-refractivity contribution < 1.29 is 24.2 Å². The fraction of sp³-hybridized carbons (Fsp3) is 0.458. The number of halogens is 1. The van der Waals surface area contributed by atoms with E-state index in [0.717, 1.165) is 5.56 Å². The average Bonchev–Trinajstić information content (AvgIpc) is 2.82. The summed E-state index contributed by atoms with van der Waals surface area (Å²) in [6.45, 7) is 0.949. The number of carbonyl (C=O) groups is 2. The van der Waals surface area contributed by atoms with Gasteiger partial charge >= 0.3 is 0 Å². The molecule has 2 fully saturated rings. The van der Waals surface area contributed by atoms with Crippen molar-refractivity contribution in [2.24, 2.45) is 0 Å². The number of aliphatic hydroxyl groups excluding tert-OH is 1. The highest BCUT2D eigenvalue weighted by Gasteiger charge is 2.40. The molecule has 0 radical (unpaired) electrons. The molecule has 0 aliphatic carbocycles. The molecule has 2 N–H and O–H groups in total. The zero-order valence-electron chi connectivity index (χ0n) is 18.2. The van der Waals surface area contributed by atoms with Gasteiger partial charge in [0, 0.05) is 30.5 Å². The van der Waals surface area contributed by atoms with Gasteiger partial charge in [-0.25, -0.2) is 0 Å². The number of fused-ring (bicyclic) bond motifs is 1. The van der Waals surface area contributed by atoms with E-state index in [1.54, 1.807) is 35.4 Å². The van der Waals surface area contributed by atoms with Crippen LogP contribution in [0.4, 0.5) is 0 Å². The second kappa shape index (κ2) is 11.1. The number of ether oxygens (including phenoxy) is 2. The maximum Gasteiger partial charge on any atom is 0.255 e. The molecule has 176 valence electrons. The van der Waals surface area contributed by atoms with Gasteiger partial charge in [0.05, 0.1) is 43.4 Å². The van der Waals surface area contributed by atoms with E-state index >= 15 is 0 Å². The van der Waals surface area contributed by atoms with Crippen LogP contribution in [-0.2, 0) is 20.8 Å². The monoisotopic (exact) mass is 473 g/mol. The largest absolute Gasteiger partial charge is 0.389 e. The molecule has 2 aliphatic rings. The summed E-state index contributed by atoms with van der Waals surface area (Å²) in [4.78, 5) is 31.4. The van der Waals surface area contributed by atoms with Gasteiger partial charge in [0.1, 0.15) is 6.10 Å². The molecule has 9 heteroatoms. The van der Waals surface area contributed by atoms with E-state index in [0.29, 0.717) is 30.0 Å². The zero-order chi connectivity index (χ0) is 23.2. The van der Waals surface area contributed by atoms with Gasteiger partial charge < -0.3 is 24.8 Å². The molecular weight excluding hydrogens is 446 g/mol. The molecular formula is C24H28ClN3O5. The fourth-order valence-electron chi connectivity index (χ4n) is 4.31. The molecule has 8 nitrogen and oxygen atoms in total. The van der Waals surface area contributed by atoms with Crippen molar-refractivity contribution in [1.29, 1.82) is 0 Å². The van der Waals surface area contributed by atoms with Crippen molar-refractivity contribution in [2.75, 3.05) is 19.8 Å². The highest BCUT2D eigenvalue weighted by atomic mass is 35.5. The predicted molar refractivity (Wildman–Crippen MR) is 122 cm³/mol. The third-order valence-electron chi connectivity index (χ3n) is 5.97. The van der Waals surface area contributed by atoms with E-state index in [1.165, 1.54) is 6.20 Å². The Morgan fingerprint density at radius 2 is 2.00 bits per heavy atom. The lowest BCUT2D eigenvalue weighted by molar-refractivity contribution is -0.151. The topological polar surface area (TPSA) is 101 Å². The normalized spacial score (nSPS) is 25.5. The Morgan fingerprint density at radius 3 is 2.76 bits per heavy atom. The van der Waals surface area contributed by atoms with E-state index in [4.69, 9.17) is 21.1 Å². The summed E-state index contributed by atoms with van der Waals surface area (Å²) < 4.78 is 11.8. The summed E-state index contributed by atoms with van der Waals surface area (Å²) in [5.41, 5.74) is 1.43. The van der Waals surface area contributed by atoms with Crippen molar-refractivity contribution >= 4 is 23.4 Å². The number of amides is 2. The second-order valence-electron chi connectivity index (χ2n) is 8.44. The van der Waals surface area contributed by atoms with E-state index in [1.807, 2.05) is 12.1 Å². The van der Waals surface area contributed by atoms with Crippen molar-refractivity contribution in [3.8, 4) is 0 Å².